The molecule has 1 N–H and O–H groups in total. The first-order valence-corrected chi connectivity index (χ1v) is 6.68. The van der Waals surface area contributed by atoms with E-state index in [2.05, 4.69) is 14.9 Å². The van der Waals surface area contributed by atoms with Gasteiger partial charge in [0.25, 0.3) is 10.6 Å². The van der Waals surface area contributed by atoms with Gasteiger partial charge in [0.15, 0.2) is 0 Å². The maximum atomic E-state index is 12.4. The highest BCUT2D eigenvalue weighted by molar-refractivity contribution is 6.05. The second kappa shape index (κ2) is 6.77. The van der Waals surface area contributed by atoms with Gasteiger partial charge in [-0.05, 0) is 6.07 Å². The van der Waals surface area contributed by atoms with Gasteiger partial charge >= 0.3 is 5.97 Å². The molecule has 0 saturated heterocycles. The van der Waals surface area contributed by atoms with E-state index in [1.54, 1.807) is 31.3 Å². The Labute approximate surface area is 130 Å². The van der Waals surface area contributed by atoms with Crippen LogP contribution in [-0.4, -0.2) is 35.9 Å². The van der Waals surface area contributed by atoms with Crippen LogP contribution in [0.5, 0.6) is 0 Å². The van der Waals surface area contributed by atoms with Gasteiger partial charge < -0.3 is 19.5 Å². The van der Waals surface area contributed by atoms with Crippen molar-refractivity contribution in [2.24, 2.45) is 7.05 Å². The van der Waals surface area contributed by atoms with E-state index in [0.29, 0.717) is 10.9 Å². The average Bonchev–Trinajstić information content (AvgIpc) is 2.55. The van der Waals surface area contributed by atoms with Crippen molar-refractivity contribution < 1.29 is 19.5 Å². The van der Waals surface area contributed by atoms with Gasteiger partial charge in [-0.2, -0.15) is 0 Å². The van der Waals surface area contributed by atoms with Crippen LogP contribution in [0.15, 0.2) is 29.1 Å². The maximum Gasteiger partial charge on any atom is 0.345 e. The molecular weight excluding hydrogens is 306 g/mol. The lowest BCUT2D eigenvalue weighted by Gasteiger charge is -2.15. The number of aromatic nitrogens is 1. The SMILES string of the molecule is COC(=O)c1c(NCCO[N+](=O)[O-])c2ccccc2n(C)c1=O. The fraction of sp³-hybridized carbons (Fsp3) is 0.286. The minimum absolute atomic E-state index is 0.0438. The van der Waals surface area contributed by atoms with Crippen molar-refractivity contribution in [3.05, 3.63) is 50.3 Å². The van der Waals surface area contributed by atoms with Crippen molar-refractivity contribution >= 4 is 22.6 Å². The van der Waals surface area contributed by atoms with Gasteiger partial charge in [0, 0.05) is 19.0 Å². The number of methoxy groups -OCH3 is 1. The van der Waals surface area contributed by atoms with Gasteiger partial charge in [0.2, 0.25) is 0 Å². The van der Waals surface area contributed by atoms with Gasteiger partial charge in [-0.15, -0.1) is 10.1 Å². The summed E-state index contributed by atoms with van der Waals surface area (Å²) >= 11 is 0. The summed E-state index contributed by atoms with van der Waals surface area (Å²) in [6, 6.07) is 6.99. The molecule has 1 aromatic carbocycles. The molecule has 2 aromatic rings. The Morgan fingerprint density at radius 1 is 1.39 bits per heavy atom. The molecule has 0 aliphatic heterocycles. The molecule has 0 radical (unpaired) electrons. The Morgan fingerprint density at radius 2 is 2.09 bits per heavy atom. The van der Waals surface area contributed by atoms with Crippen LogP contribution in [0.1, 0.15) is 10.4 Å². The molecule has 0 atom stereocenters. The molecule has 0 fully saturated rings. The summed E-state index contributed by atoms with van der Waals surface area (Å²) < 4.78 is 6.02. The smallest absolute Gasteiger partial charge is 0.345 e. The molecule has 0 amide bonds. The van der Waals surface area contributed by atoms with Crippen LogP contribution in [0.2, 0.25) is 0 Å². The molecule has 2 rings (SSSR count). The van der Waals surface area contributed by atoms with E-state index in [-0.39, 0.29) is 24.4 Å². The standard InChI is InChI=1S/C14H15N3O6/c1-16-10-6-4-3-5-9(10)12(15-7-8-23-17(20)21)11(13(16)18)14(19)22-2/h3-6,15H,7-8H2,1-2H3. The van der Waals surface area contributed by atoms with Crippen LogP contribution >= 0.6 is 0 Å². The molecule has 9 nitrogen and oxygen atoms in total. The number of para-hydroxylation sites is 1. The third-order valence-corrected chi connectivity index (χ3v) is 3.29. The van der Waals surface area contributed by atoms with Crippen LogP contribution in [0.25, 0.3) is 10.9 Å². The Bertz CT molecular complexity index is 814. The van der Waals surface area contributed by atoms with Crippen LogP contribution < -0.4 is 10.9 Å². The normalized spacial score (nSPS) is 10.3. The number of pyridine rings is 1. The van der Waals surface area contributed by atoms with Gasteiger partial charge in [-0.1, -0.05) is 18.2 Å². The summed E-state index contributed by atoms with van der Waals surface area (Å²) in [5.41, 5.74) is 0.202. The molecule has 0 aliphatic rings. The van der Waals surface area contributed by atoms with Crippen LogP contribution in [0, 0.1) is 10.1 Å². The minimum atomic E-state index is -0.912. The lowest BCUT2D eigenvalue weighted by molar-refractivity contribution is -0.757. The predicted molar refractivity (Wildman–Crippen MR) is 82.0 cm³/mol. The Kier molecular flexibility index (Phi) is 4.79. The molecule has 0 saturated carbocycles. The molecule has 23 heavy (non-hydrogen) atoms. The molecule has 1 aromatic heterocycles. The van der Waals surface area contributed by atoms with E-state index in [4.69, 9.17) is 0 Å². The molecular formula is C14H15N3O6. The molecule has 9 heteroatoms. The number of hydrogen-bond acceptors (Lipinski definition) is 7. The Morgan fingerprint density at radius 3 is 2.74 bits per heavy atom. The molecule has 1 heterocycles. The third kappa shape index (κ3) is 3.23. The number of ether oxygens (including phenoxy) is 1. The lowest BCUT2D eigenvalue weighted by Crippen LogP contribution is -2.28. The van der Waals surface area contributed by atoms with E-state index in [1.165, 1.54) is 11.7 Å². The topological polar surface area (TPSA) is 113 Å². The van der Waals surface area contributed by atoms with Gasteiger partial charge in [-0.3, -0.25) is 4.79 Å². The van der Waals surface area contributed by atoms with Crippen molar-refractivity contribution in [2.75, 3.05) is 25.6 Å². The monoisotopic (exact) mass is 321 g/mol. The number of rotatable bonds is 6. The summed E-state index contributed by atoms with van der Waals surface area (Å²) in [6.07, 6.45) is 0. The molecule has 0 unspecified atom stereocenters. The van der Waals surface area contributed by atoms with Gasteiger partial charge in [0.1, 0.15) is 12.2 Å². The first-order valence-electron chi connectivity index (χ1n) is 6.68. The summed E-state index contributed by atoms with van der Waals surface area (Å²) in [6.45, 7) is -0.181. The lowest BCUT2D eigenvalue weighted by atomic mass is 10.1. The van der Waals surface area contributed by atoms with Gasteiger partial charge in [0.05, 0.1) is 18.3 Å². The van der Waals surface area contributed by atoms with Crippen molar-refractivity contribution in [3.63, 3.8) is 0 Å². The fourth-order valence-electron chi connectivity index (χ4n) is 2.27. The average molecular weight is 321 g/mol. The zero-order valence-corrected chi connectivity index (χ0v) is 12.6. The van der Waals surface area contributed by atoms with E-state index in [0.717, 1.165) is 0 Å². The van der Waals surface area contributed by atoms with Crippen LogP contribution in [0.3, 0.4) is 0 Å². The number of benzene rings is 1. The number of nitrogens with zero attached hydrogens (tertiary/aromatic N) is 2. The summed E-state index contributed by atoms with van der Waals surface area (Å²) in [5, 5.41) is 12.7. The van der Waals surface area contributed by atoms with E-state index >= 15 is 0 Å². The number of carbonyl (C=O) groups excluding carboxylic acids is 1. The zero-order chi connectivity index (χ0) is 17.0. The highest BCUT2D eigenvalue weighted by Crippen LogP contribution is 2.25. The molecule has 122 valence electrons. The van der Waals surface area contributed by atoms with E-state index in [1.807, 2.05) is 0 Å². The highest BCUT2D eigenvalue weighted by Gasteiger charge is 2.21. The summed E-state index contributed by atoms with van der Waals surface area (Å²) in [4.78, 5) is 38.8. The summed E-state index contributed by atoms with van der Waals surface area (Å²) in [5.74, 6) is -0.783. The third-order valence-electron chi connectivity index (χ3n) is 3.29. The van der Waals surface area contributed by atoms with Crippen molar-refractivity contribution in [1.82, 2.24) is 4.57 Å². The highest BCUT2D eigenvalue weighted by atomic mass is 16.9. The quantitative estimate of drug-likeness (QED) is 0.364. The maximum absolute atomic E-state index is 12.4. The van der Waals surface area contributed by atoms with Crippen molar-refractivity contribution in [1.29, 1.82) is 0 Å². The van der Waals surface area contributed by atoms with Crippen LogP contribution in [-0.2, 0) is 16.6 Å². The number of anilines is 1. The first kappa shape index (κ1) is 16.3. The van der Waals surface area contributed by atoms with E-state index < -0.39 is 16.6 Å². The number of hydrogen-bond donors (Lipinski definition) is 1. The van der Waals surface area contributed by atoms with Gasteiger partial charge in [-0.25, -0.2) is 4.79 Å². The first-order chi connectivity index (χ1) is 11.0. The Hall–Kier alpha value is -3.10. The fourth-order valence-corrected chi connectivity index (χ4v) is 2.27. The number of fused-ring (bicyclic) bond motifs is 1. The second-order valence-corrected chi connectivity index (χ2v) is 4.61. The minimum Gasteiger partial charge on any atom is -0.465 e. The molecule has 0 aliphatic carbocycles. The Balaban J connectivity index is 2.54. The van der Waals surface area contributed by atoms with Crippen molar-refractivity contribution in [2.45, 2.75) is 0 Å². The van der Waals surface area contributed by atoms with Crippen LogP contribution in [0.4, 0.5) is 5.69 Å². The number of aryl methyl sites for hydroxylation is 1. The molecule has 0 spiro atoms. The number of nitrogens with one attached hydrogen (secondary N) is 1. The second-order valence-electron chi connectivity index (χ2n) is 4.61. The van der Waals surface area contributed by atoms with E-state index in [9.17, 15) is 19.7 Å². The molecule has 0 bridgehead atoms. The largest absolute Gasteiger partial charge is 0.465 e. The summed E-state index contributed by atoms with van der Waals surface area (Å²) in [7, 11) is 2.73. The predicted octanol–water partition coefficient (Wildman–Crippen LogP) is 0.945. The zero-order valence-electron chi connectivity index (χ0n) is 12.6. The number of esters is 1. The van der Waals surface area contributed by atoms with Crippen molar-refractivity contribution in [3.8, 4) is 0 Å². The number of carbonyl (C=O) groups is 1.